The zero-order valence-electron chi connectivity index (χ0n) is 14.5. The van der Waals surface area contributed by atoms with Crippen molar-refractivity contribution >= 4 is 45.9 Å². The van der Waals surface area contributed by atoms with Gasteiger partial charge < -0.3 is 10.1 Å². The Kier molecular flexibility index (Phi) is 6.77. The van der Waals surface area contributed by atoms with Crippen LogP contribution in [0.4, 0.5) is 15.6 Å². The molecule has 1 aromatic heterocycles. The van der Waals surface area contributed by atoms with Crippen molar-refractivity contribution in [2.45, 2.75) is 36.8 Å². The normalized spacial score (nSPS) is 11.7. The first kappa shape index (κ1) is 19.2. The van der Waals surface area contributed by atoms with E-state index in [1.165, 1.54) is 30.2 Å². The summed E-state index contributed by atoms with van der Waals surface area (Å²) in [5.74, 6) is -0.301. The molecule has 0 radical (unpaired) electrons. The summed E-state index contributed by atoms with van der Waals surface area (Å²) in [4.78, 5) is 23.7. The summed E-state index contributed by atoms with van der Waals surface area (Å²) in [5, 5.41) is 13.3. The van der Waals surface area contributed by atoms with Gasteiger partial charge in [-0.15, -0.1) is 10.2 Å². The first-order valence-corrected chi connectivity index (χ1v) is 9.35. The number of thioether (sulfide) groups is 1. The number of ether oxygens (including phenoxy) is 1. The van der Waals surface area contributed by atoms with Crippen LogP contribution < -0.4 is 10.6 Å². The molecule has 0 saturated heterocycles. The molecule has 0 spiro atoms. The van der Waals surface area contributed by atoms with E-state index >= 15 is 0 Å². The van der Waals surface area contributed by atoms with Gasteiger partial charge in [0.05, 0.1) is 7.11 Å². The second-order valence-corrected chi connectivity index (χ2v) is 7.72. The van der Waals surface area contributed by atoms with Crippen molar-refractivity contribution in [3.05, 3.63) is 29.3 Å². The summed E-state index contributed by atoms with van der Waals surface area (Å²) in [6.45, 7) is 5.89. The Labute approximate surface area is 154 Å². The van der Waals surface area contributed by atoms with Crippen LogP contribution in [0.3, 0.4) is 0 Å². The lowest BCUT2D eigenvalue weighted by Gasteiger charge is -2.08. The highest BCUT2D eigenvalue weighted by Gasteiger charge is 2.21. The molecule has 25 heavy (non-hydrogen) atoms. The van der Waals surface area contributed by atoms with E-state index in [2.05, 4.69) is 20.8 Å². The largest absolute Gasteiger partial charge is 0.468 e. The highest BCUT2D eigenvalue weighted by molar-refractivity contribution is 8.02. The maximum Gasteiger partial charge on any atom is 0.325 e. The van der Waals surface area contributed by atoms with E-state index < -0.39 is 6.03 Å². The van der Waals surface area contributed by atoms with Crippen LogP contribution in [0.15, 0.2) is 22.5 Å². The van der Waals surface area contributed by atoms with E-state index in [9.17, 15) is 9.59 Å². The zero-order valence-corrected chi connectivity index (χ0v) is 16.1. The molecule has 0 aliphatic heterocycles. The van der Waals surface area contributed by atoms with Crippen molar-refractivity contribution in [1.82, 2.24) is 10.2 Å². The van der Waals surface area contributed by atoms with Crippen LogP contribution in [0.25, 0.3) is 0 Å². The number of nitrogens with one attached hydrogen (secondary N) is 2. The molecule has 9 heteroatoms. The minimum Gasteiger partial charge on any atom is -0.468 e. The van der Waals surface area contributed by atoms with Gasteiger partial charge in [0, 0.05) is 5.69 Å². The lowest BCUT2D eigenvalue weighted by Crippen LogP contribution is -2.19. The fourth-order valence-electron chi connectivity index (χ4n) is 1.94. The Hall–Kier alpha value is -2.13. The van der Waals surface area contributed by atoms with Gasteiger partial charge in [-0.3, -0.25) is 10.1 Å². The fourth-order valence-corrected chi connectivity index (χ4v) is 3.88. The summed E-state index contributed by atoms with van der Waals surface area (Å²) < 4.78 is 5.34. The SMILES string of the molecule is CC[C@@H](Sc1nnc(NC(=O)Nc2ccc(C)c(C)c2)s1)C(=O)OC. The van der Waals surface area contributed by atoms with Crippen LogP contribution in [0, 0.1) is 13.8 Å². The molecule has 1 aromatic carbocycles. The van der Waals surface area contributed by atoms with Gasteiger partial charge >= 0.3 is 12.0 Å². The molecule has 0 fully saturated rings. The molecule has 7 nitrogen and oxygen atoms in total. The number of hydrogen-bond acceptors (Lipinski definition) is 7. The van der Waals surface area contributed by atoms with Crippen LogP contribution in [-0.2, 0) is 9.53 Å². The maximum atomic E-state index is 12.1. The van der Waals surface area contributed by atoms with Crippen LogP contribution in [-0.4, -0.2) is 34.6 Å². The Morgan fingerprint density at radius 2 is 2.00 bits per heavy atom. The molecule has 134 valence electrons. The van der Waals surface area contributed by atoms with E-state index in [4.69, 9.17) is 4.74 Å². The number of amides is 2. The number of aromatic nitrogens is 2. The van der Waals surface area contributed by atoms with Gasteiger partial charge in [0.15, 0.2) is 4.34 Å². The number of benzene rings is 1. The third kappa shape index (κ3) is 5.43. The topological polar surface area (TPSA) is 93.2 Å². The Morgan fingerprint density at radius 1 is 1.24 bits per heavy atom. The molecule has 0 unspecified atom stereocenters. The molecule has 1 heterocycles. The molecule has 0 aliphatic carbocycles. The standard InChI is InChI=1S/C16H20N4O3S2/c1-5-12(13(21)23-4)24-16-20-19-15(25-16)18-14(22)17-11-7-6-9(2)10(3)8-11/h6-8,12H,5H2,1-4H3,(H2,17,18,19,22)/t12-/m1/s1. The zero-order chi connectivity index (χ0) is 18.4. The number of rotatable bonds is 6. The molecule has 2 aromatic rings. The monoisotopic (exact) mass is 380 g/mol. The summed E-state index contributed by atoms with van der Waals surface area (Å²) in [6, 6.07) is 5.29. The molecule has 0 aliphatic rings. The lowest BCUT2D eigenvalue weighted by molar-refractivity contribution is -0.140. The van der Waals surface area contributed by atoms with Gasteiger partial charge in [-0.25, -0.2) is 4.79 Å². The van der Waals surface area contributed by atoms with Gasteiger partial charge in [0.2, 0.25) is 5.13 Å². The van der Waals surface area contributed by atoms with Crippen molar-refractivity contribution in [2.24, 2.45) is 0 Å². The quantitative estimate of drug-likeness (QED) is 0.449. The first-order valence-electron chi connectivity index (χ1n) is 7.66. The van der Waals surface area contributed by atoms with E-state index in [0.717, 1.165) is 11.1 Å². The molecule has 0 bridgehead atoms. The van der Waals surface area contributed by atoms with Gasteiger partial charge in [0.25, 0.3) is 0 Å². The minimum atomic E-state index is -0.393. The van der Waals surface area contributed by atoms with Crippen LogP contribution >= 0.6 is 23.1 Å². The number of nitrogens with zero attached hydrogens (tertiary/aromatic N) is 2. The molecule has 0 saturated carbocycles. The van der Waals surface area contributed by atoms with Crippen molar-refractivity contribution in [2.75, 3.05) is 17.7 Å². The number of esters is 1. The molecular weight excluding hydrogens is 360 g/mol. The number of carbonyl (C=O) groups excluding carboxylic acids is 2. The summed E-state index contributed by atoms with van der Waals surface area (Å²) in [5.41, 5.74) is 2.96. The average Bonchev–Trinajstić information content (AvgIpc) is 3.02. The van der Waals surface area contributed by atoms with E-state index in [0.29, 0.717) is 21.6 Å². The second-order valence-electron chi connectivity index (χ2n) is 5.29. The van der Waals surface area contributed by atoms with Crippen molar-refractivity contribution in [1.29, 1.82) is 0 Å². The highest BCUT2D eigenvalue weighted by atomic mass is 32.2. The Balaban J connectivity index is 1.94. The molecule has 2 N–H and O–H groups in total. The summed E-state index contributed by atoms with van der Waals surface area (Å²) >= 11 is 2.49. The predicted octanol–water partition coefficient (Wildman–Crippen LogP) is 3.84. The number of urea groups is 1. The number of carbonyl (C=O) groups is 2. The average molecular weight is 380 g/mol. The molecule has 2 amide bonds. The van der Waals surface area contributed by atoms with Crippen molar-refractivity contribution in [3.63, 3.8) is 0 Å². The van der Waals surface area contributed by atoms with Crippen molar-refractivity contribution < 1.29 is 14.3 Å². The summed E-state index contributed by atoms with van der Waals surface area (Å²) in [7, 11) is 1.36. The van der Waals surface area contributed by atoms with Gasteiger partial charge in [-0.05, 0) is 43.5 Å². The number of anilines is 2. The molecule has 2 rings (SSSR count). The Bertz CT molecular complexity index is 764. The molecule has 1 atom stereocenters. The van der Waals surface area contributed by atoms with Crippen molar-refractivity contribution in [3.8, 4) is 0 Å². The Morgan fingerprint density at radius 3 is 2.64 bits per heavy atom. The van der Waals surface area contributed by atoms with Crippen LogP contribution in [0.1, 0.15) is 24.5 Å². The minimum absolute atomic E-state index is 0.301. The fraction of sp³-hybridized carbons (Fsp3) is 0.375. The number of methoxy groups -OCH3 is 1. The number of hydrogen-bond donors (Lipinski definition) is 2. The molecular formula is C16H20N4O3S2. The first-order chi connectivity index (χ1) is 11.9. The third-order valence-electron chi connectivity index (χ3n) is 3.47. The smallest absolute Gasteiger partial charge is 0.325 e. The third-order valence-corrected chi connectivity index (χ3v) is 5.74. The second kappa shape index (κ2) is 8.82. The lowest BCUT2D eigenvalue weighted by atomic mass is 10.1. The van der Waals surface area contributed by atoms with Gasteiger partial charge in [0.1, 0.15) is 5.25 Å². The van der Waals surface area contributed by atoms with E-state index in [1.807, 2.05) is 39.0 Å². The maximum absolute atomic E-state index is 12.1. The number of aryl methyl sites for hydroxylation is 2. The highest BCUT2D eigenvalue weighted by Crippen LogP contribution is 2.30. The summed E-state index contributed by atoms with van der Waals surface area (Å²) in [6.07, 6.45) is 0.618. The van der Waals surface area contributed by atoms with E-state index in [-0.39, 0.29) is 11.2 Å². The van der Waals surface area contributed by atoms with Crippen LogP contribution in [0.2, 0.25) is 0 Å². The van der Waals surface area contributed by atoms with Crippen LogP contribution in [0.5, 0.6) is 0 Å². The van der Waals surface area contributed by atoms with Gasteiger partial charge in [-0.1, -0.05) is 36.1 Å². The predicted molar refractivity (Wildman–Crippen MR) is 100 cm³/mol. The van der Waals surface area contributed by atoms with E-state index in [1.54, 1.807) is 0 Å². The van der Waals surface area contributed by atoms with Gasteiger partial charge in [-0.2, -0.15) is 0 Å².